The molecule has 4 N–H and O–H groups in total. The average Bonchev–Trinajstić information content (AvgIpc) is 3.02. The van der Waals surface area contributed by atoms with Gasteiger partial charge in [0.05, 0.1) is 5.69 Å². The molecule has 0 fully saturated rings. The van der Waals surface area contributed by atoms with E-state index >= 15 is 0 Å². The second kappa shape index (κ2) is 5.13. The van der Waals surface area contributed by atoms with Crippen LogP contribution >= 0.6 is 0 Å². The second-order valence-electron chi connectivity index (χ2n) is 5.45. The normalized spacial score (nSPS) is 12.9. The van der Waals surface area contributed by atoms with E-state index in [4.69, 9.17) is 10.7 Å². The number of aromatic amines is 2. The molecule has 20 heavy (non-hydrogen) atoms. The number of rotatable bonds is 4. The SMILES string of the molecule is Cc1[nH]c(CC(C)CN)nc1-c1c[nH]c2ccccc12. The van der Waals surface area contributed by atoms with Crippen LogP contribution in [0.15, 0.2) is 30.5 Å². The summed E-state index contributed by atoms with van der Waals surface area (Å²) in [6, 6.07) is 8.29. The molecule has 0 aliphatic heterocycles. The van der Waals surface area contributed by atoms with E-state index < -0.39 is 0 Å². The Labute approximate surface area is 118 Å². The lowest BCUT2D eigenvalue weighted by molar-refractivity contribution is 0.577. The summed E-state index contributed by atoms with van der Waals surface area (Å²) in [5.74, 6) is 1.46. The highest BCUT2D eigenvalue weighted by molar-refractivity contribution is 5.95. The van der Waals surface area contributed by atoms with Crippen LogP contribution in [0.25, 0.3) is 22.2 Å². The Kier molecular flexibility index (Phi) is 3.32. The Hall–Kier alpha value is -2.07. The highest BCUT2D eigenvalue weighted by Crippen LogP contribution is 2.29. The number of hydrogen-bond donors (Lipinski definition) is 3. The first-order valence-corrected chi connectivity index (χ1v) is 7.01. The van der Waals surface area contributed by atoms with Gasteiger partial charge < -0.3 is 15.7 Å². The molecule has 3 rings (SSSR count). The molecule has 1 aromatic carbocycles. The predicted molar refractivity (Wildman–Crippen MR) is 82.5 cm³/mol. The van der Waals surface area contributed by atoms with Crippen LogP contribution in [-0.2, 0) is 6.42 Å². The Balaban J connectivity index is 2.02. The van der Waals surface area contributed by atoms with Crippen molar-refractivity contribution >= 4 is 10.9 Å². The number of imidazole rings is 1. The Morgan fingerprint density at radius 3 is 2.90 bits per heavy atom. The van der Waals surface area contributed by atoms with Crippen molar-refractivity contribution in [2.45, 2.75) is 20.3 Å². The quantitative estimate of drug-likeness (QED) is 0.680. The molecular weight excluding hydrogens is 248 g/mol. The van der Waals surface area contributed by atoms with Crippen molar-refractivity contribution in [3.05, 3.63) is 42.0 Å². The molecule has 0 radical (unpaired) electrons. The van der Waals surface area contributed by atoms with Crippen molar-refractivity contribution in [3.63, 3.8) is 0 Å². The van der Waals surface area contributed by atoms with Gasteiger partial charge in [-0.05, 0) is 25.5 Å². The second-order valence-corrected chi connectivity index (χ2v) is 5.45. The lowest BCUT2D eigenvalue weighted by Crippen LogP contribution is -2.13. The highest BCUT2D eigenvalue weighted by Gasteiger charge is 2.14. The molecule has 3 aromatic rings. The van der Waals surface area contributed by atoms with Crippen LogP contribution in [0.4, 0.5) is 0 Å². The Bertz CT molecular complexity index is 723. The van der Waals surface area contributed by atoms with Crippen LogP contribution in [0.5, 0.6) is 0 Å². The number of H-pyrrole nitrogens is 2. The molecule has 4 nitrogen and oxygen atoms in total. The molecule has 2 heterocycles. The summed E-state index contributed by atoms with van der Waals surface area (Å²) in [5, 5.41) is 1.21. The van der Waals surface area contributed by atoms with E-state index in [9.17, 15) is 0 Å². The smallest absolute Gasteiger partial charge is 0.107 e. The van der Waals surface area contributed by atoms with Crippen molar-refractivity contribution in [1.29, 1.82) is 0 Å². The summed E-state index contributed by atoms with van der Waals surface area (Å²) in [6.07, 6.45) is 2.92. The van der Waals surface area contributed by atoms with Gasteiger partial charge in [-0.1, -0.05) is 25.1 Å². The third kappa shape index (κ3) is 2.23. The maximum atomic E-state index is 5.69. The molecule has 0 aliphatic carbocycles. The van der Waals surface area contributed by atoms with Gasteiger partial charge in [0.25, 0.3) is 0 Å². The molecule has 0 amide bonds. The molecule has 0 saturated heterocycles. The number of para-hydroxylation sites is 1. The summed E-state index contributed by atoms with van der Waals surface area (Å²) < 4.78 is 0. The van der Waals surface area contributed by atoms with E-state index in [0.717, 1.165) is 34.7 Å². The number of aromatic nitrogens is 3. The molecule has 0 spiro atoms. The fraction of sp³-hybridized carbons (Fsp3) is 0.312. The standard InChI is InChI=1S/C16H20N4/c1-10(8-17)7-15-19-11(2)16(20-15)13-9-18-14-6-4-3-5-12(13)14/h3-6,9-10,18H,7-8,17H2,1-2H3,(H,19,20). The zero-order valence-corrected chi connectivity index (χ0v) is 11.9. The van der Waals surface area contributed by atoms with Crippen molar-refractivity contribution in [2.75, 3.05) is 6.54 Å². The first kappa shape index (κ1) is 12.9. The average molecular weight is 268 g/mol. The monoisotopic (exact) mass is 268 g/mol. The summed E-state index contributed by atoms with van der Waals surface area (Å²) in [7, 11) is 0. The van der Waals surface area contributed by atoms with Crippen molar-refractivity contribution in [1.82, 2.24) is 15.0 Å². The topological polar surface area (TPSA) is 70.5 Å². The number of nitrogens with two attached hydrogens (primary N) is 1. The van der Waals surface area contributed by atoms with Gasteiger partial charge in [-0.3, -0.25) is 0 Å². The third-order valence-electron chi connectivity index (χ3n) is 3.72. The van der Waals surface area contributed by atoms with Gasteiger partial charge >= 0.3 is 0 Å². The zero-order valence-electron chi connectivity index (χ0n) is 11.9. The van der Waals surface area contributed by atoms with Gasteiger partial charge in [0.2, 0.25) is 0 Å². The molecule has 4 heteroatoms. The maximum Gasteiger partial charge on any atom is 0.107 e. The molecule has 0 saturated carbocycles. The van der Waals surface area contributed by atoms with Crippen LogP contribution < -0.4 is 5.73 Å². The number of nitrogens with one attached hydrogen (secondary N) is 2. The van der Waals surface area contributed by atoms with Crippen LogP contribution in [0.1, 0.15) is 18.4 Å². The first-order valence-electron chi connectivity index (χ1n) is 7.01. The number of fused-ring (bicyclic) bond motifs is 1. The van der Waals surface area contributed by atoms with Gasteiger partial charge in [-0.15, -0.1) is 0 Å². The maximum absolute atomic E-state index is 5.69. The van der Waals surface area contributed by atoms with E-state index in [2.05, 4.69) is 42.0 Å². The van der Waals surface area contributed by atoms with Crippen LogP contribution in [0, 0.1) is 12.8 Å². The van der Waals surface area contributed by atoms with E-state index in [1.807, 2.05) is 12.3 Å². The van der Waals surface area contributed by atoms with E-state index in [1.165, 1.54) is 5.39 Å². The molecule has 1 atom stereocenters. The molecule has 2 aromatic heterocycles. The summed E-state index contributed by atoms with van der Waals surface area (Å²) in [5.41, 5.74) is 10.1. The van der Waals surface area contributed by atoms with Crippen molar-refractivity contribution < 1.29 is 0 Å². The van der Waals surface area contributed by atoms with Crippen LogP contribution in [-0.4, -0.2) is 21.5 Å². The minimum absolute atomic E-state index is 0.441. The molecule has 1 unspecified atom stereocenters. The zero-order chi connectivity index (χ0) is 14.1. The van der Waals surface area contributed by atoms with Crippen LogP contribution in [0.2, 0.25) is 0 Å². The van der Waals surface area contributed by atoms with E-state index in [-0.39, 0.29) is 0 Å². The number of hydrogen-bond acceptors (Lipinski definition) is 2. The highest BCUT2D eigenvalue weighted by atomic mass is 14.9. The van der Waals surface area contributed by atoms with Gasteiger partial charge in [0.15, 0.2) is 0 Å². The van der Waals surface area contributed by atoms with Crippen molar-refractivity contribution in [3.8, 4) is 11.3 Å². The third-order valence-corrected chi connectivity index (χ3v) is 3.72. The van der Waals surface area contributed by atoms with Crippen LogP contribution in [0.3, 0.4) is 0 Å². The largest absolute Gasteiger partial charge is 0.360 e. The molecule has 0 aliphatic rings. The van der Waals surface area contributed by atoms with Gasteiger partial charge in [0.1, 0.15) is 5.82 Å². The summed E-state index contributed by atoms with van der Waals surface area (Å²) in [4.78, 5) is 11.4. The van der Waals surface area contributed by atoms with Crippen molar-refractivity contribution in [2.24, 2.45) is 11.7 Å². The summed E-state index contributed by atoms with van der Waals surface area (Å²) in [6.45, 7) is 4.89. The number of nitrogens with zero attached hydrogens (tertiary/aromatic N) is 1. The molecule has 0 bridgehead atoms. The predicted octanol–water partition coefficient (Wildman–Crippen LogP) is 3.00. The number of benzene rings is 1. The van der Waals surface area contributed by atoms with E-state index in [1.54, 1.807) is 0 Å². The van der Waals surface area contributed by atoms with E-state index in [0.29, 0.717) is 12.5 Å². The summed E-state index contributed by atoms with van der Waals surface area (Å²) >= 11 is 0. The lowest BCUT2D eigenvalue weighted by atomic mass is 10.1. The van der Waals surface area contributed by atoms with Gasteiger partial charge in [-0.2, -0.15) is 0 Å². The fourth-order valence-electron chi connectivity index (χ4n) is 2.56. The molecular formula is C16H20N4. The minimum Gasteiger partial charge on any atom is -0.360 e. The fourth-order valence-corrected chi connectivity index (χ4v) is 2.56. The lowest BCUT2D eigenvalue weighted by Gasteiger charge is -2.04. The molecule has 104 valence electrons. The minimum atomic E-state index is 0.441. The Morgan fingerprint density at radius 1 is 1.30 bits per heavy atom. The van der Waals surface area contributed by atoms with Gasteiger partial charge in [0, 0.05) is 34.8 Å². The first-order chi connectivity index (χ1) is 9.69. The van der Waals surface area contributed by atoms with Gasteiger partial charge in [-0.25, -0.2) is 4.98 Å². The number of aryl methyl sites for hydroxylation is 1. The Morgan fingerprint density at radius 2 is 2.10 bits per heavy atom.